The number of hydrogen-bond donors (Lipinski definition) is 0. The van der Waals surface area contributed by atoms with E-state index in [1.165, 1.54) is 10.9 Å². The summed E-state index contributed by atoms with van der Waals surface area (Å²) < 4.78 is 13.0. The molecule has 0 aromatic carbocycles. The number of carbonyl (C=O) groups is 1. The highest BCUT2D eigenvalue weighted by Gasteiger charge is 2.40. The molecule has 10 heteroatoms. The van der Waals surface area contributed by atoms with Gasteiger partial charge in [0.2, 0.25) is 5.82 Å². The third-order valence-electron chi connectivity index (χ3n) is 4.89. The molecule has 1 aromatic rings. The summed E-state index contributed by atoms with van der Waals surface area (Å²) in [5.41, 5.74) is -0.566. The maximum atomic E-state index is 12.6. The fourth-order valence-corrected chi connectivity index (χ4v) is 3.75. The number of anilines is 1. The number of aryl methyl sites for hydroxylation is 1. The molecule has 0 spiro atoms. The van der Waals surface area contributed by atoms with Gasteiger partial charge < -0.3 is 19.3 Å². The van der Waals surface area contributed by atoms with Gasteiger partial charge in [-0.25, -0.2) is 9.48 Å². The number of rotatable bonds is 2. The highest BCUT2D eigenvalue weighted by atomic mass is 16.6. The van der Waals surface area contributed by atoms with Crippen molar-refractivity contribution < 1.29 is 19.2 Å². The summed E-state index contributed by atoms with van der Waals surface area (Å²) in [4.78, 5) is 27.2. The number of nitro groups is 1. The predicted molar refractivity (Wildman–Crippen MR) is 97.8 cm³/mol. The van der Waals surface area contributed by atoms with Gasteiger partial charge in [-0.15, -0.1) is 0 Å². The van der Waals surface area contributed by atoms with E-state index in [9.17, 15) is 14.9 Å². The molecule has 0 bridgehead atoms. The molecule has 2 aliphatic rings. The Morgan fingerprint density at radius 2 is 2.04 bits per heavy atom. The van der Waals surface area contributed by atoms with Crippen molar-refractivity contribution in [3.8, 4) is 0 Å². The van der Waals surface area contributed by atoms with E-state index < -0.39 is 10.5 Å². The fraction of sp³-hybridized carbons (Fsp3) is 0.765. The topological polar surface area (TPSA) is 103 Å². The van der Waals surface area contributed by atoms with Crippen LogP contribution in [0.3, 0.4) is 0 Å². The average molecular weight is 381 g/mol. The molecule has 3 rings (SSSR count). The van der Waals surface area contributed by atoms with Crippen molar-refractivity contribution in [3.63, 3.8) is 0 Å². The maximum Gasteiger partial charge on any atom is 0.410 e. The van der Waals surface area contributed by atoms with Gasteiger partial charge in [0.1, 0.15) is 11.8 Å². The summed E-state index contributed by atoms with van der Waals surface area (Å²) in [5, 5.41) is 15.4. The first-order chi connectivity index (χ1) is 12.7. The van der Waals surface area contributed by atoms with Crippen LogP contribution in [-0.2, 0) is 16.5 Å². The first kappa shape index (κ1) is 19.4. The predicted octanol–water partition coefficient (Wildman–Crippen LogP) is 1.93. The van der Waals surface area contributed by atoms with Gasteiger partial charge in [-0.1, -0.05) is 0 Å². The van der Waals surface area contributed by atoms with Crippen LogP contribution in [-0.4, -0.2) is 69.7 Å². The van der Waals surface area contributed by atoms with E-state index in [0.29, 0.717) is 44.9 Å². The minimum absolute atomic E-state index is 0.00714. The Labute approximate surface area is 158 Å². The highest BCUT2D eigenvalue weighted by molar-refractivity contribution is 5.69. The Kier molecular flexibility index (Phi) is 5.27. The van der Waals surface area contributed by atoms with Crippen LogP contribution in [0.2, 0.25) is 0 Å². The van der Waals surface area contributed by atoms with E-state index in [1.807, 2.05) is 25.7 Å². The molecule has 1 amide bonds. The van der Waals surface area contributed by atoms with Crippen LogP contribution in [0.1, 0.15) is 33.6 Å². The first-order valence-corrected chi connectivity index (χ1v) is 9.20. The van der Waals surface area contributed by atoms with Crippen LogP contribution in [0, 0.1) is 10.1 Å². The largest absolute Gasteiger partial charge is 0.444 e. The van der Waals surface area contributed by atoms with Crippen molar-refractivity contribution in [2.24, 2.45) is 7.05 Å². The Bertz CT molecular complexity index is 713. The van der Waals surface area contributed by atoms with Crippen molar-refractivity contribution in [1.29, 1.82) is 0 Å². The minimum Gasteiger partial charge on any atom is -0.444 e. The maximum absolute atomic E-state index is 12.6. The Balaban J connectivity index is 1.77. The molecule has 0 saturated carbocycles. The summed E-state index contributed by atoms with van der Waals surface area (Å²) in [6.45, 7) is 7.67. The zero-order chi connectivity index (χ0) is 19.8. The van der Waals surface area contributed by atoms with Gasteiger partial charge in [0.05, 0.1) is 23.7 Å². The zero-order valence-corrected chi connectivity index (χ0v) is 16.3. The number of fused-ring (bicyclic) bond motifs is 1. The number of amides is 1. The average Bonchev–Trinajstić information content (AvgIpc) is 2.83. The van der Waals surface area contributed by atoms with Gasteiger partial charge >= 0.3 is 11.8 Å². The molecule has 0 aliphatic carbocycles. The second kappa shape index (κ2) is 7.34. The lowest BCUT2D eigenvalue weighted by molar-refractivity contribution is -0.384. The molecule has 2 aliphatic heterocycles. The minimum atomic E-state index is -0.559. The molecule has 2 saturated heterocycles. The van der Waals surface area contributed by atoms with Crippen LogP contribution in [0.15, 0.2) is 6.20 Å². The van der Waals surface area contributed by atoms with Crippen molar-refractivity contribution >= 4 is 17.6 Å². The van der Waals surface area contributed by atoms with E-state index in [4.69, 9.17) is 9.47 Å². The lowest BCUT2D eigenvalue weighted by Crippen LogP contribution is -2.54. The molecule has 0 N–H and O–H groups in total. The molecule has 2 unspecified atom stereocenters. The molecular formula is C17H27N5O5. The molecule has 2 fully saturated rings. The molecule has 10 nitrogen and oxygen atoms in total. The molecule has 27 heavy (non-hydrogen) atoms. The van der Waals surface area contributed by atoms with Gasteiger partial charge in [0, 0.05) is 26.7 Å². The number of ether oxygens (including phenoxy) is 2. The number of carbonyl (C=O) groups excluding carboxylic acids is 1. The molecule has 0 radical (unpaired) electrons. The SMILES string of the molecule is Cn1ncc([N+](=O)[O-])c1N1CCC2OCCN(C(=O)OC(C)(C)C)C2CC1. The molecular weight excluding hydrogens is 354 g/mol. The van der Waals surface area contributed by atoms with Crippen molar-refractivity contribution in [2.45, 2.75) is 51.4 Å². The molecule has 3 heterocycles. The van der Waals surface area contributed by atoms with E-state index in [0.717, 1.165) is 0 Å². The van der Waals surface area contributed by atoms with Crippen LogP contribution >= 0.6 is 0 Å². The van der Waals surface area contributed by atoms with Crippen molar-refractivity contribution in [2.75, 3.05) is 31.1 Å². The molecule has 2 atom stereocenters. The van der Waals surface area contributed by atoms with Crippen LogP contribution in [0.5, 0.6) is 0 Å². The van der Waals surface area contributed by atoms with E-state index in [1.54, 1.807) is 11.9 Å². The number of nitrogens with zero attached hydrogens (tertiary/aromatic N) is 5. The second-order valence-corrected chi connectivity index (χ2v) is 7.95. The molecule has 150 valence electrons. The Morgan fingerprint density at radius 1 is 1.33 bits per heavy atom. The van der Waals surface area contributed by atoms with Gasteiger partial charge in [-0.3, -0.25) is 10.1 Å². The van der Waals surface area contributed by atoms with E-state index in [2.05, 4.69) is 5.10 Å². The van der Waals surface area contributed by atoms with Gasteiger partial charge in [-0.05, 0) is 33.6 Å². The van der Waals surface area contributed by atoms with Gasteiger partial charge in [0.25, 0.3) is 0 Å². The normalized spacial score (nSPS) is 23.6. The number of morpholine rings is 1. The standard InChI is InChI=1S/C17H27N5O5/c1-17(2,3)27-16(23)21-9-10-26-14-6-8-20(7-5-12(14)21)15-13(22(24)25)11-18-19(15)4/h11-12,14H,5-10H2,1-4H3. The second-order valence-electron chi connectivity index (χ2n) is 7.95. The summed E-state index contributed by atoms with van der Waals surface area (Å²) in [6.07, 6.45) is 2.15. The van der Waals surface area contributed by atoms with Gasteiger partial charge in [-0.2, -0.15) is 5.10 Å². The smallest absolute Gasteiger partial charge is 0.410 e. The van der Waals surface area contributed by atoms with E-state index in [-0.39, 0.29) is 23.9 Å². The zero-order valence-electron chi connectivity index (χ0n) is 16.3. The summed E-state index contributed by atoms with van der Waals surface area (Å²) in [7, 11) is 1.70. The summed E-state index contributed by atoms with van der Waals surface area (Å²) in [6, 6.07) is -0.106. The monoisotopic (exact) mass is 381 g/mol. The molecule has 1 aromatic heterocycles. The third-order valence-corrected chi connectivity index (χ3v) is 4.89. The van der Waals surface area contributed by atoms with Crippen molar-refractivity contribution in [1.82, 2.24) is 14.7 Å². The quantitative estimate of drug-likeness (QED) is 0.569. The number of aromatic nitrogens is 2. The van der Waals surface area contributed by atoms with Crippen LogP contribution in [0.4, 0.5) is 16.3 Å². The lowest BCUT2D eigenvalue weighted by Gasteiger charge is -2.40. The Hall–Kier alpha value is -2.36. The Morgan fingerprint density at radius 3 is 2.70 bits per heavy atom. The summed E-state index contributed by atoms with van der Waals surface area (Å²) in [5.74, 6) is 0.488. The highest BCUT2D eigenvalue weighted by Crippen LogP contribution is 2.32. The van der Waals surface area contributed by atoms with Gasteiger partial charge in [0.15, 0.2) is 0 Å². The fourth-order valence-electron chi connectivity index (χ4n) is 3.75. The summed E-state index contributed by atoms with van der Waals surface area (Å²) >= 11 is 0. The van der Waals surface area contributed by atoms with E-state index >= 15 is 0 Å². The lowest BCUT2D eigenvalue weighted by atomic mass is 10.0. The van der Waals surface area contributed by atoms with Crippen LogP contribution in [0.25, 0.3) is 0 Å². The third kappa shape index (κ3) is 4.15. The number of hydrogen-bond acceptors (Lipinski definition) is 7. The van der Waals surface area contributed by atoms with Crippen molar-refractivity contribution in [3.05, 3.63) is 16.3 Å². The first-order valence-electron chi connectivity index (χ1n) is 9.20. The van der Waals surface area contributed by atoms with Crippen LogP contribution < -0.4 is 4.90 Å².